The highest BCUT2D eigenvalue weighted by Crippen LogP contribution is 2.08. The molecule has 1 aliphatic heterocycles. The highest BCUT2D eigenvalue weighted by Gasteiger charge is 2.21. The van der Waals surface area contributed by atoms with Crippen molar-refractivity contribution in [2.24, 2.45) is 10.9 Å². The Bertz CT molecular complexity index is 320. The fourth-order valence-electron chi connectivity index (χ4n) is 2.73. The summed E-state index contributed by atoms with van der Waals surface area (Å²) in [6.45, 7) is 15.6. The molecule has 5 heteroatoms. The van der Waals surface area contributed by atoms with Crippen molar-refractivity contribution in [1.29, 1.82) is 0 Å². The summed E-state index contributed by atoms with van der Waals surface area (Å²) in [5, 5.41) is 3.38. The number of hydrogen-bond acceptors (Lipinski definition) is 3. The monoisotopic (exact) mass is 312 g/mol. The Labute approximate surface area is 137 Å². The number of guanidine groups is 1. The lowest BCUT2D eigenvalue weighted by Crippen LogP contribution is -2.46. The molecular weight excluding hydrogens is 276 g/mol. The molecule has 1 saturated heterocycles. The fourth-order valence-corrected chi connectivity index (χ4v) is 2.73. The van der Waals surface area contributed by atoms with E-state index in [-0.39, 0.29) is 6.10 Å². The molecule has 0 aromatic carbocycles. The highest BCUT2D eigenvalue weighted by molar-refractivity contribution is 5.79. The van der Waals surface area contributed by atoms with Gasteiger partial charge in [0.2, 0.25) is 0 Å². The molecule has 0 saturated carbocycles. The standard InChI is InChI=1S/C17H36N4O/c1-6-8-9-20(5)17(18-7-2)19-12-16-14-21(10-11-22-16)13-15(3)4/h15-16H,6-14H2,1-5H3,(H,18,19). The maximum atomic E-state index is 5.88. The molecular formula is C17H36N4O. The molecule has 1 N–H and O–H groups in total. The van der Waals surface area contributed by atoms with Crippen LogP contribution < -0.4 is 5.32 Å². The van der Waals surface area contributed by atoms with E-state index in [1.54, 1.807) is 0 Å². The quantitative estimate of drug-likeness (QED) is 0.550. The van der Waals surface area contributed by atoms with Crippen LogP contribution in [0.25, 0.3) is 0 Å². The van der Waals surface area contributed by atoms with E-state index in [0.717, 1.165) is 51.8 Å². The minimum absolute atomic E-state index is 0.223. The molecule has 22 heavy (non-hydrogen) atoms. The summed E-state index contributed by atoms with van der Waals surface area (Å²) in [5.74, 6) is 1.71. The van der Waals surface area contributed by atoms with Crippen LogP contribution in [0.5, 0.6) is 0 Å². The summed E-state index contributed by atoms with van der Waals surface area (Å²) < 4.78 is 5.88. The van der Waals surface area contributed by atoms with E-state index in [1.165, 1.54) is 12.8 Å². The van der Waals surface area contributed by atoms with Crippen LogP contribution in [-0.2, 0) is 4.74 Å². The van der Waals surface area contributed by atoms with Gasteiger partial charge in [0, 0.05) is 39.8 Å². The van der Waals surface area contributed by atoms with Crippen LogP contribution in [0.1, 0.15) is 40.5 Å². The van der Waals surface area contributed by atoms with Crippen LogP contribution in [0.3, 0.4) is 0 Å². The highest BCUT2D eigenvalue weighted by atomic mass is 16.5. The van der Waals surface area contributed by atoms with Crippen molar-refractivity contribution < 1.29 is 4.74 Å². The Morgan fingerprint density at radius 2 is 2.18 bits per heavy atom. The second kappa shape index (κ2) is 10.8. The Balaban J connectivity index is 2.50. The number of ether oxygens (including phenoxy) is 1. The van der Waals surface area contributed by atoms with E-state index in [1.807, 2.05) is 0 Å². The number of rotatable bonds is 8. The maximum absolute atomic E-state index is 5.88. The Morgan fingerprint density at radius 1 is 1.41 bits per heavy atom. The van der Waals surface area contributed by atoms with E-state index < -0.39 is 0 Å². The summed E-state index contributed by atoms with van der Waals surface area (Å²) in [4.78, 5) is 9.51. The van der Waals surface area contributed by atoms with Gasteiger partial charge < -0.3 is 15.0 Å². The first-order valence-corrected chi connectivity index (χ1v) is 8.90. The van der Waals surface area contributed by atoms with E-state index in [9.17, 15) is 0 Å². The topological polar surface area (TPSA) is 40.1 Å². The van der Waals surface area contributed by atoms with Crippen molar-refractivity contribution in [3.05, 3.63) is 0 Å². The van der Waals surface area contributed by atoms with Crippen LogP contribution in [0, 0.1) is 5.92 Å². The maximum Gasteiger partial charge on any atom is 0.193 e. The van der Waals surface area contributed by atoms with Crippen molar-refractivity contribution in [1.82, 2.24) is 15.1 Å². The average Bonchev–Trinajstić information content (AvgIpc) is 2.48. The molecule has 5 nitrogen and oxygen atoms in total. The minimum atomic E-state index is 0.223. The van der Waals surface area contributed by atoms with Gasteiger partial charge in [0.05, 0.1) is 19.3 Å². The minimum Gasteiger partial charge on any atom is -0.374 e. The zero-order valence-corrected chi connectivity index (χ0v) is 15.3. The zero-order chi connectivity index (χ0) is 16.4. The molecule has 1 rings (SSSR count). The second-order valence-corrected chi connectivity index (χ2v) is 6.62. The average molecular weight is 313 g/mol. The molecule has 0 aromatic heterocycles. The number of nitrogens with zero attached hydrogens (tertiary/aromatic N) is 3. The first-order chi connectivity index (χ1) is 10.6. The molecule has 0 spiro atoms. The third-order valence-electron chi connectivity index (χ3n) is 3.83. The molecule has 130 valence electrons. The van der Waals surface area contributed by atoms with E-state index in [4.69, 9.17) is 9.73 Å². The van der Waals surface area contributed by atoms with Crippen LogP contribution >= 0.6 is 0 Å². The van der Waals surface area contributed by atoms with Crippen molar-refractivity contribution in [2.75, 3.05) is 52.9 Å². The Hall–Kier alpha value is -0.810. The van der Waals surface area contributed by atoms with Crippen molar-refractivity contribution in [2.45, 2.75) is 46.6 Å². The van der Waals surface area contributed by atoms with Gasteiger partial charge in [0.15, 0.2) is 5.96 Å². The molecule has 0 aliphatic carbocycles. The van der Waals surface area contributed by atoms with Gasteiger partial charge in [-0.15, -0.1) is 0 Å². The molecule has 1 atom stereocenters. The smallest absolute Gasteiger partial charge is 0.193 e. The van der Waals surface area contributed by atoms with E-state index in [2.05, 4.69) is 49.9 Å². The lowest BCUT2D eigenvalue weighted by molar-refractivity contribution is -0.0262. The van der Waals surface area contributed by atoms with Gasteiger partial charge >= 0.3 is 0 Å². The molecule has 1 heterocycles. The van der Waals surface area contributed by atoms with Gasteiger partial charge in [-0.05, 0) is 19.3 Å². The lowest BCUT2D eigenvalue weighted by atomic mass is 10.2. The summed E-state index contributed by atoms with van der Waals surface area (Å²) in [6, 6.07) is 0. The SMILES string of the molecule is CCCCN(C)C(=NCC1CN(CC(C)C)CCO1)NCC. The Kier molecular flexibility index (Phi) is 9.48. The number of nitrogens with one attached hydrogen (secondary N) is 1. The van der Waals surface area contributed by atoms with Gasteiger partial charge in [-0.1, -0.05) is 27.2 Å². The van der Waals surface area contributed by atoms with Crippen LogP contribution in [0.4, 0.5) is 0 Å². The predicted octanol–water partition coefficient (Wildman–Crippen LogP) is 2.04. The molecule has 0 aromatic rings. The van der Waals surface area contributed by atoms with Gasteiger partial charge in [0.25, 0.3) is 0 Å². The largest absolute Gasteiger partial charge is 0.374 e. The van der Waals surface area contributed by atoms with Crippen LogP contribution in [-0.4, -0.2) is 74.8 Å². The van der Waals surface area contributed by atoms with Gasteiger partial charge in [-0.25, -0.2) is 0 Å². The number of unbranched alkanes of at least 4 members (excludes halogenated alkanes) is 1. The van der Waals surface area contributed by atoms with Gasteiger partial charge in [-0.2, -0.15) is 0 Å². The van der Waals surface area contributed by atoms with Crippen molar-refractivity contribution >= 4 is 5.96 Å². The normalized spacial score (nSPS) is 20.5. The third kappa shape index (κ3) is 7.45. The summed E-state index contributed by atoms with van der Waals surface area (Å²) >= 11 is 0. The third-order valence-corrected chi connectivity index (χ3v) is 3.83. The first kappa shape index (κ1) is 19.2. The van der Waals surface area contributed by atoms with Gasteiger partial charge in [0.1, 0.15) is 0 Å². The predicted molar refractivity (Wildman–Crippen MR) is 94.5 cm³/mol. The van der Waals surface area contributed by atoms with E-state index in [0.29, 0.717) is 5.92 Å². The van der Waals surface area contributed by atoms with Crippen LogP contribution in [0.2, 0.25) is 0 Å². The fraction of sp³-hybridized carbons (Fsp3) is 0.941. The van der Waals surface area contributed by atoms with Crippen molar-refractivity contribution in [3.8, 4) is 0 Å². The van der Waals surface area contributed by atoms with Crippen molar-refractivity contribution in [3.63, 3.8) is 0 Å². The summed E-state index contributed by atoms with van der Waals surface area (Å²) in [7, 11) is 2.12. The molecule has 1 fully saturated rings. The molecule has 1 unspecified atom stereocenters. The second-order valence-electron chi connectivity index (χ2n) is 6.62. The Morgan fingerprint density at radius 3 is 2.82 bits per heavy atom. The first-order valence-electron chi connectivity index (χ1n) is 8.90. The number of morpholine rings is 1. The lowest BCUT2D eigenvalue weighted by Gasteiger charge is -2.33. The molecule has 0 amide bonds. The van der Waals surface area contributed by atoms with E-state index >= 15 is 0 Å². The molecule has 0 bridgehead atoms. The number of aliphatic imine (C=N–C) groups is 1. The van der Waals surface area contributed by atoms with Gasteiger partial charge in [-0.3, -0.25) is 9.89 Å². The summed E-state index contributed by atoms with van der Waals surface area (Å²) in [5.41, 5.74) is 0. The summed E-state index contributed by atoms with van der Waals surface area (Å²) in [6.07, 6.45) is 2.63. The molecule has 0 radical (unpaired) electrons. The molecule has 1 aliphatic rings. The van der Waals surface area contributed by atoms with Crippen LogP contribution in [0.15, 0.2) is 4.99 Å². The number of hydrogen-bond donors (Lipinski definition) is 1. The zero-order valence-electron chi connectivity index (χ0n) is 15.3.